The Morgan fingerprint density at radius 2 is 1.82 bits per heavy atom. The van der Waals surface area contributed by atoms with Crippen molar-refractivity contribution in [2.45, 2.75) is 31.9 Å². The summed E-state index contributed by atoms with van der Waals surface area (Å²) in [5.74, 6) is -0.589. The Balaban J connectivity index is 1.67. The number of nitrogens with zero attached hydrogens (tertiary/aromatic N) is 3. The van der Waals surface area contributed by atoms with Gasteiger partial charge in [-0.25, -0.2) is 4.68 Å². The van der Waals surface area contributed by atoms with E-state index in [1.807, 2.05) is 30.3 Å². The van der Waals surface area contributed by atoms with Crippen LogP contribution in [0.3, 0.4) is 0 Å². The lowest BCUT2D eigenvalue weighted by molar-refractivity contribution is -0.144. The molecule has 8 heteroatoms. The number of ketones is 1. The molecule has 1 aliphatic heterocycles. The minimum absolute atomic E-state index is 0.0408. The molecule has 0 radical (unpaired) electrons. The third-order valence-electron chi connectivity index (χ3n) is 4.90. The molecule has 0 spiro atoms. The molecule has 2 heterocycles. The van der Waals surface area contributed by atoms with Crippen molar-refractivity contribution in [2.24, 2.45) is 0 Å². The first-order chi connectivity index (χ1) is 13.5. The van der Waals surface area contributed by atoms with Crippen LogP contribution in [0.5, 0.6) is 0 Å². The normalized spacial score (nSPS) is 15.9. The van der Waals surface area contributed by atoms with Crippen molar-refractivity contribution in [1.82, 2.24) is 14.7 Å². The SMILES string of the molecule is CO[C@@H](C(=O)Nc1ccnn1C1CCN(C(=O)C(C)=O)CC1)c1ccccc1. The molecule has 148 valence electrons. The fourth-order valence-electron chi connectivity index (χ4n) is 3.45. The molecule has 0 saturated carbocycles. The maximum absolute atomic E-state index is 12.7. The van der Waals surface area contributed by atoms with E-state index in [4.69, 9.17) is 4.74 Å². The number of carbonyl (C=O) groups excluding carboxylic acids is 3. The number of rotatable bonds is 6. The monoisotopic (exact) mass is 384 g/mol. The Morgan fingerprint density at radius 3 is 2.43 bits per heavy atom. The second-order valence-corrected chi connectivity index (χ2v) is 6.76. The third-order valence-corrected chi connectivity index (χ3v) is 4.90. The van der Waals surface area contributed by atoms with E-state index in [-0.39, 0.29) is 11.9 Å². The number of nitrogens with one attached hydrogen (secondary N) is 1. The summed E-state index contributed by atoms with van der Waals surface area (Å²) in [6.45, 7) is 2.26. The standard InChI is InChI=1S/C20H24N4O4/c1-14(25)20(27)23-12-9-16(10-13-23)24-17(8-11-21-24)22-19(26)18(28-2)15-6-4-3-5-7-15/h3-8,11,16,18H,9-10,12-13H2,1-2H3,(H,22,26)/t18-/m1/s1. The van der Waals surface area contributed by atoms with Crippen LogP contribution < -0.4 is 5.32 Å². The highest BCUT2D eigenvalue weighted by atomic mass is 16.5. The van der Waals surface area contributed by atoms with Crippen LogP contribution in [0.1, 0.15) is 37.5 Å². The first-order valence-electron chi connectivity index (χ1n) is 9.23. The summed E-state index contributed by atoms with van der Waals surface area (Å²) < 4.78 is 7.15. The minimum atomic E-state index is -0.723. The second kappa shape index (κ2) is 8.79. The van der Waals surface area contributed by atoms with Crippen LogP contribution >= 0.6 is 0 Å². The van der Waals surface area contributed by atoms with E-state index in [0.717, 1.165) is 5.56 Å². The van der Waals surface area contributed by atoms with Gasteiger partial charge in [0.2, 0.25) is 5.78 Å². The summed E-state index contributed by atoms with van der Waals surface area (Å²) in [7, 11) is 1.50. The van der Waals surface area contributed by atoms with Crippen LogP contribution in [0.15, 0.2) is 42.6 Å². The number of methoxy groups -OCH3 is 1. The number of anilines is 1. The maximum atomic E-state index is 12.7. The minimum Gasteiger partial charge on any atom is -0.367 e. The van der Waals surface area contributed by atoms with E-state index in [2.05, 4.69) is 10.4 Å². The molecular weight excluding hydrogens is 360 g/mol. The summed E-state index contributed by atoms with van der Waals surface area (Å²) in [5, 5.41) is 7.24. The van der Waals surface area contributed by atoms with Crippen molar-refractivity contribution < 1.29 is 19.1 Å². The lowest BCUT2D eigenvalue weighted by atomic mass is 10.0. The molecule has 2 aromatic rings. The number of hydrogen-bond acceptors (Lipinski definition) is 5. The number of carbonyl (C=O) groups is 3. The highest BCUT2D eigenvalue weighted by Gasteiger charge is 2.28. The molecule has 1 saturated heterocycles. The Morgan fingerprint density at radius 1 is 1.14 bits per heavy atom. The van der Waals surface area contributed by atoms with Crippen LogP contribution in [0.4, 0.5) is 5.82 Å². The van der Waals surface area contributed by atoms with E-state index >= 15 is 0 Å². The van der Waals surface area contributed by atoms with Crippen LogP contribution in [0.2, 0.25) is 0 Å². The molecule has 0 bridgehead atoms. The van der Waals surface area contributed by atoms with Gasteiger partial charge < -0.3 is 15.0 Å². The zero-order chi connectivity index (χ0) is 20.1. The van der Waals surface area contributed by atoms with Crippen LogP contribution in [-0.4, -0.2) is 52.5 Å². The Labute approximate surface area is 163 Å². The lowest BCUT2D eigenvalue weighted by Gasteiger charge is -2.32. The van der Waals surface area contributed by atoms with Gasteiger partial charge in [0.1, 0.15) is 5.82 Å². The number of amides is 2. The molecule has 0 aliphatic carbocycles. The number of aromatic nitrogens is 2. The number of benzene rings is 1. The van der Waals surface area contributed by atoms with Crippen LogP contribution in [0.25, 0.3) is 0 Å². The first-order valence-corrected chi connectivity index (χ1v) is 9.23. The van der Waals surface area contributed by atoms with Gasteiger partial charge in [0.15, 0.2) is 6.10 Å². The molecule has 1 aliphatic rings. The Hall–Kier alpha value is -3.00. The largest absolute Gasteiger partial charge is 0.367 e. The van der Waals surface area contributed by atoms with Crippen molar-refractivity contribution in [3.8, 4) is 0 Å². The van der Waals surface area contributed by atoms with Gasteiger partial charge in [0.05, 0.1) is 12.2 Å². The van der Waals surface area contributed by atoms with Gasteiger partial charge in [-0.1, -0.05) is 30.3 Å². The van der Waals surface area contributed by atoms with Gasteiger partial charge in [-0.3, -0.25) is 14.4 Å². The Bertz CT molecular complexity index is 841. The van der Waals surface area contributed by atoms with E-state index in [9.17, 15) is 14.4 Å². The second-order valence-electron chi connectivity index (χ2n) is 6.76. The molecular formula is C20H24N4O4. The fourth-order valence-corrected chi connectivity index (χ4v) is 3.45. The molecule has 1 atom stereocenters. The fraction of sp³-hybridized carbons (Fsp3) is 0.400. The molecule has 3 rings (SSSR count). The van der Waals surface area contributed by atoms with Crippen molar-refractivity contribution in [3.05, 3.63) is 48.2 Å². The van der Waals surface area contributed by atoms with Gasteiger partial charge in [-0.2, -0.15) is 5.10 Å². The van der Waals surface area contributed by atoms with Gasteiger partial charge >= 0.3 is 0 Å². The van der Waals surface area contributed by atoms with E-state index in [1.165, 1.54) is 14.0 Å². The maximum Gasteiger partial charge on any atom is 0.289 e. The molecule has 1 N–H and O–H groups in total. The molecule has 0 unspecified atom stereocenters. The van der Waals surface area contributed by atoms with Crippen molar-refractivity contribution >= 4 is 23.4 Å². The lowest BCUT2D eigenvalue weighted by Crippen LogP contribution is -2.42. The molecule has 1 aromatic heterocycles. The number of ether oxygens (including phenoxy) is 1. The summed E-state index contributed by atoms with van der Waals surface area (Å²) >= 11 is 0. The molecule has 8 nitrogen and oxygen atoms in total. The zero-order valence-corrected chi connectivity index (χ0v) is 16.0. The smallest absolute Gasteiger partial charge is 0.289 e. The van der Waals surface area contributed by atoms with E-state index in [0.29, 0.717) is 31.7 Å². The van der Waals surface area contributed by atoms with E-state index in [1.54, 1.807) is 21.8 Å². The summed E-state index contributed by atoms with van der Waals surface area (Å²) in [6, 6.07) is 11.1. The van der Waals surface area contributed by atoms with Gasteiger partial charge in [0, 0.05) is 33.2 Å². The number of Topliss-reactive ketones (excluding diaryl/α,β-unsaturated/α-hetero) is 1. The quantitative estimate of drug-likeness (QED) is 0.769. The predicted octanol–water partition coefficient (Wildman–Crippen LogP) is 1.96. The van der Waals surface area contributed by atoms with Gasteiger partial charge in [0.25, 0.3) is 11.8 Å². The Kier molecular flexibility index (Phi) is 6.20. The molecule has 2 amide bonds. The number of hydrogen-bond donors (Lipinski definition) is 1. The summed E-state index contributed by atoms with van der Waals surface area (Å²) in [6.07, 6.45) is 2.23. The molecule has 1 aromatic carbocycles. The van der Waals surface area contributed by atoms with Gasteiger partial charge in [-0.05, 0) is 18.4 Å². The van der Waals surface area contributed by atoms with Crippen molar-refractivity contribution in [1.29, 1.82) is 0 Å². The zero-order valence-electron chi connectivity index (χ0n) is 16.0. The van der Waals surface area contributed by atoms with Crippen molar-refractivity contribution in [3.63, 3.8) is 0 Å². The predicted molar refractivity (Wildman–Crippen MR) is 103 cm³/mol. The summed E-state index contributed by atoms with van der Waals surface area (Å²) in [5.41, 5.74) is 0.768. The van der Waals surface area contributed by atoms with Gasteiger partial charge in [-0.15, -0.1) is 0 Å². The van der Waals surface area contributed by atoms with Crippen LogP contribution in [-0.2, 0) is 19.1 Å². The number of piperidine rings is 1. The average Bonchev–Trinajstić information content (AvgIpc) is 3.17. The molecule has 1 fully saturated rings. The van der Waals surface area contributed by atoms with Crippen LogP contribution in [0, 0.1) is 0 Å². The third kappa shape index (κ3) is 4.28. The highest BCUT2D eigenvalue weighted by molar-refractivity contribution is 6.35. The topological polar surface area (TPSA) is 93.5 Å². The first kappa shape index (κ1) is 19.8. The highest BCUT2D eigenvalue weighted by Crippen LogP contribution is 2.26. The average molecular weight is 384 g/mol. The van der Waals surface area contributed by atoms with Crippen molar-refractivity contribution in [2.75, 3.05) is 25.5 Å². The van der Waals surface area contributed by atoms with E-state index < -0.39 is 17.8 Å². The summed E-state index contributed by atoms with van der Waals surface area (Å²) in [4.78, 5) is 37.4. The number of likely N-dealkylation sites (tertiary alicyclic amines) is 1. The molecule has 28 heavy (non-hydrogen) atoms.